The molecule has 0 spiro atoms. The van der Waals surface area contributed by atoms with Crippen LogP contribution >= 0.6 is 0 Å². The number of fused-ring (bicyclic) bond motifs is 1. The van der Waals surface area contributed by atoms with E-state index < -0.39 is 17.8 Å². The average molecular weight is 287 g/mol. The summed E-state index contributed by atoms with van der Waals surface area (Å²) in [5, 5.41) is 2.58. The van der Waals surface area contributed by atoms with Gasteiger partial charge in [0.25, 0.3) is 0 Å². The molecule has 0 aromatic heterocycles. The minimum absolute atomic E-state index is 0.189. The van der Waals surface area contributed by atoms with Crippen molar-refractivity contribution in [2.24, 2.45) is 0 Å². The topological polar surface area (TPSA) is 21.3 Å². The van der Waals surface area contributed by atoms with E-state index in [0.717, 1.165) is 5.56 Å². The zero-order chi connectivity index (χ0) is 15.0. The Morgan fingerprint density at radius 1 is 1.35 bits per heavy atom. The molecule has 0 saturated heterocycles. The largest absolute Gasteiger partial charge is 0.487 e. The minimum Gasteiger partial charge on any atom is -0.487 e. The van der Waals surface area contributed by atoms with Crippen molar-refractivity contribution in [3.8, 4) is 5.75 Å². The molecule has 20 heavy (non-hydrogen) atoms. The Labute approximate surface area is 117 Å². The Balaban J connectivity index is 2.39. The maximum absolute atomic E-state index is 13.3. The van der Waals surface area contributed by atoms with E-state index in [1.807, 2.05) is 26.8 Å². The van der Waals surface area contributed by atoms with Gasteiger partial charge in [-0.1, -0.05) is 25.1 Å². The lowest BCUT2D eigenvalue weighted by Crippen LogP contribution is -2.35. The van der Waals surface area contributed by atoms with Crippen LogP contribution in [0.25, 0.3) is 0 Å². The van der Waals surface area contributed by atoms with Gasteiger partial charge in [0.05, 0.1) is 0 Å². The summed E-state index contributed by atoms with van der Waals surface area (Å²) in [6, 6.07) is 3.33. The van der Waals surface area contributed by atoms with E-state index in [4.69, 9.17) is 4.74 Å². The molecule has 1 aliphatic heterocycles. The van der Waals surface area contributed by atoms with E-state index in [2.05, 4.69) is 5.32 Å². The Morgan fingerprint density at radius 2 is 2.05 bits per heavy atom. The lowest BCUT2D eigenvalue weighted by Gasteiger charge is -2.25. The fourth-order valence-corrected chi connectivity index (χ4v) is 2.56. The smallest absolute Gasteiger partial charge is 0.408 e. The molecule has 1 aliphatic rings. The molecule has 5 heteroatoms. The summed E-state index contributed by atoms with van der Waals surface area (Å²) in [4.78, 5) is 0. The molecule has 1 aromatic rings. The molecule has 0 amide bonds. The number of para-hydroxylation sites is 1. The highest BCUT2D eigenvalue weighted by Crippen LogP contribution is 2.44. The highest BCUT2D eigenvalue weighted by atomic mass is 19.4. The number of nitrogens with one attached hydrogen (secondary N) is 1. The van der Waals surface area contributed by atoms with Gasteiger partial charge in [-0.2, -0.15) is 13.2 Å². The summed E-state index contributed by atoms with van der Waals surface area (Å²) >= 11 is 0. The maximum atomic E-state index is 13.3. The molecule has 1 unspecified atom stereocenters. The Hall–Kier alpha value is -1.23. The SMILES string of the molecule is CCCNC(c1cccc2c1OC(C)(C)C2)C(F)(F)F. The Bertz CT molecular complexity index is 482. The van der Waals surface area contributed by atoms with E-state index in [1.54, 1.807) is 6.07 Å². The van der Waals surface area contributed by atoms with Crippen LogP contribution in [0, 0.1) is 0 Å². The van der Waals surface area contributed by atoms with Crippen LogP contribution in [0.4, 0.5) is 13.2 Å². The number of hydrogen-bond donors (Lipinski definition) is 1. The van der Waals surface area contributed by atoms with E-state index in [-0.39, 0.29) is 5.56 Å². The first-order chi connectivity index (χ1) is 9.24. The van der Waals surface area contributed by atoms with E-state index >= 15 is 0 Å². The van der Waals surface area contributed by atoms with Crippen molar-refractivity contribution in [2.45, 2.75) is 51.4 Å². The van der Waals surface area contributed by atoms with Crippen LogP contribution in [0.2, 0.25) is 0 Å². The zero-order valence-electron chi connectivity index (χ0n) is 12.0. The second-order valence-corrected chi connectivity index (χ2v) is 5.80. The molecule has 2 rings (SSSR count). The first-order valence-electron chi connectivity index (χ1n) is 6.85. The number of halogens is 3. The molecule has 112 valence electrons. The summed E-state index contributed by atoms with van der Waals surface area (Å²) in [6.07, 6.45) is -3.05. The molecule has 2 nitrogen and oxygen atoms in total. The first-order valence-corrected chi connectivity index (χ1v) is 6.85. The third-order valence-electron chi connectivity index (χ3n) is 3.36. The summed E-state index contributed by atoms with van der Waals surface area (Å²) in [5.41, 5.74) is 0.591. The summed E-state index contributed by atoms with van der Waals surface area (Å²) in [6.45, 7) is 5.93. The molecule has 0 aliphatic carbocycles. The fraction of sp³-hybridized carbons (Fsp3) is 0.600. The molecule has 1 N–H and O–H groups in total. The number of hydrogen-bond acceptors (Lipinski definition) is 2. The van der Waals surface area contributed by atoms with Gasteiger partial charge in [-0.3, -0.25) is 0 Å². The van der Waals surface area contributed by atoms with Gasteiger partial charge < -0.3 is 10.1 Å². The quantitative estimate of drug-likeness (QED) is 0.903. The van der Waals surface area contributed by atoms with Gasteiger partial charge in [0, 0.05) is 12.0 Å². The third-order valence-corrected chi connectivity index (χ3v) is 3.36. The van der Waals surface area contributed by atoms with E-state index in [0.29, 0.717) is 25.1 Å². The van der Waals surface area contributed by atoms with Crippen LogP contribution in [0.15, 0.2) is 18.2 Å². The standard InChI is InChI=1S/C15H20F3NO/c1-4-8-19-13(15(16,17)18)11-7-5-6-10-9-14(2,3)20-12(10)11/h5-7,13,19H,4,8-9H2,1-3H3. The van der Waals surface area contributed by atoms with Gasteiger partial charge in [-0.25, -0.2) is 0 Å². The molecular formula is C15H20F3NO. The lowest BCUT2D eigenvalue weighted by atomic mass is 9.98. The Kier molecular flexibility index (Phi) is 4.00. The number of ether oxygens (including phenoxy) is 1. The van der Waals surface area contributed by atoms with Gasteiger partial charge in [0.15, 0.2) is 0 Å². The number of alkyl halides is 3. The van der Waals surface area contributed by atoms with Crippen LogP contribution in [-0.4, -0.2) is 18.3 Å². The Morgan fingerprint density at radius 3 is 2.65 bits per heavy atom. The predicted octanol–water partition coefficient (Wildman–Crippen LogP) is 4.00. The average Bonchev–Trinajstić information content (AvgIpc) is 2.62. The number of benzene rings is 1. The van der Waals surface area contributed by atoms with Gasteiger partial charge in [0.1, 0.15) is 17.4 Å². The predicted molar refractivity (Wildman–Crippen MR) is 71.9 cm³/mol. The van der Waals surface area contributed by atoms with Crippen molar-refractivity contribution in [1.29, 1.82) is 0 Å². The minimum atomic E-state index is -4.33. The summed E-state index contributed by atoms with van der Waals surface area (Å²) < 4.78 is 45.6. The third kappa shape index (κ3) is 3.08. The van der Waals surface area contributed by atoms with Crippen molar-refractivity contribution < 1.29 is 17.9 Å². The van der Waals surface area contributed by atoms with Gasteiger partial charge in [-0.15, -0.1) is 0 Å². The van der Waals surface area contributed by atoms with Crippen LogP contribution < -0.4 is 10.1 Å². The molecule has 0 saturated carbocycles. The monoisotopic (exact) mass is 287 g/mol. The lowest BCUT2D eigenvalue weighted by molar-refractivity contribution is -0.158. The molecule has 0 fully saturated rings. The van der Waals surface area contributed by atoms with E-state index in [1.165, 1.54) is 6.07 Å². The first kappa shape index (κ1) is 15.2. The second-order valence-electron chi connectivity index (χ2n) is 5.80. The molecule has 1 aromatic carbocycles. The highest BCUT2D eigenvalue weighted by molar-refractivity contribution is 5.47. The van der Waals surface area contributed by atoms with E-state index in [9.17, 15) is 13.2 Å². The van der Waals surface area contributed by atoms with Crippen molar-refractivity contribution in [3.05, 3.63) is 29.3 Å². The number of rotatable bonds is 4. The molecule has 1 heterocycles. The molecule has 0 radical (unpaired) electrons. The summed E-state index contributed by atoms with van der Waals surface area (Å²) in [5.74, 6) is 0.392. The second kappa shape index (κ2) is 5.28. The normalized spacial score (nSPS) is 18.5. The van der Waals surface area contributed by atoms with Crippen LogP contribution in [0.5, 0.6) is 5.75 Å². The van der Waals surface area contributed by atoms with Crippen LogP contribution in [0.3, 0.4) is 0 Å². The highest BCUT2D eigenvalue weighted by Gasteiger charge is 2.44. The zero-order valence-corrected chi connectivity index (χ0v) is 12.0. The van der Waals surface area contributed by atoms with Crippen molar-refractivity contribution >= 4 is 0 Å². The molecule has 1 atom stereocenters. The maximum Gasteiger partial charge on any atom is 0.408 e. The van der Waals surface area contributed by atoms with Crippen molar-refractivity contribution in [1.82, 2.24) is 5.32 Å². The summed E-state index contributed by atoms with van der Waals surface area (Å²) in [7, 11) is 0. The fourth-order valence-electron chi connectivity index (χ4n) is 2.56. The van der Waals surface area contributed by atoms with Gasteiger partial charge in [0.2, 0.25) is 0 Å². The van der Waals surface area contributed by atoms with Gasteiger partial charge >= 0.3 is 6.18 Å². The van der Waals surface area contributed by atoms with Crippen molar-refractivity contribution in [2.75, 3.05) is 6.54 Å². The van der Waals surface area contributed by atoms with Gasteiger partial charge in [-0.05, 0) is 32.4 Å². The molecule has 0 bridgehead atoms. The molecular weight excluding hydrogens is 267 g/mol. The van der Waals surface area contributed by atoms with Crippen LogP contribution in [0.1, 0.15) is 44.4 Å². The van der Waals surface area contributed by atoms with Crippen molar-refractivity contribution in [3.63, 3.8) is 0 Å². The van der Waals surface area contributed by atoms with Crippen LogP contribution in [-0.2, 0) is 6.42 Å².